The number of likely N-dealkylation sites (N-methyl/N-ethyl adjacent to an activating group) is 1. The van der Waals surface area contributed by atoms with Crippen LogP contribution in [0, 0.1) is 0 Å². The number of pyridine rings is 1. The van der Waals surface area contributed by atoms with E-state index >= 15 is 0 Å². The molecule has 21 heavy (non-hydrogen) atoms. The molecule has 1 aromatic rings. The molecule has 2 aliphatic rings. The highest BCUT2D eigenvalue weighted by molar-refractivity contribution is 5.08. The topological polar surface area (TPSA) is 43.4 Å². The van der Waals surface area contributed by atoms with Gasteiger partial charge in [0, 0.05) is 71.3 Å². The summed E-state index contributed by atoms with van der Waals surface area (Å²) in [7, 11) is 0. The molecule has 2 saturated heterocycles. The zero-order chi connectivity index (χ0) is 14.8. The first kappa shape index (κ1) is 16.4. The van der Waals surface area contributed by atoms with Crippen LogP contribution in [0.5, 0.6) is 0 Å². The summed E-state index contributed by atoms with van der Waals surface area (Å²) in [6, 6.07) is 4.13. The Labute approximate surface area is 128 Å². The van der Waals surface area contributed by atoms with Gasteiger partial charge in [-0.2, -0.15) is 0 Å². The van der Waals surface area contributed by atoms with Crippen molar-refractivity contribution in [1.82, 2.24) is 25.4 Å². The molecule has 2 aliphatic heterocycles. The molecule has 3 heterocycles. The van der Waals surface area contributed by atoms with Crippen LogP contribution in [-0.4, -0.2) is 73.7 Å². The van der Waals surface area contributed by atoms with Crippen LogP contribution in [0.3, 0.4) is 0 Å². The monoisotopic (exact) mass is 291 g/mol. The first-order valence-electron chi connectivity index (χ1n) is 8.13. The number of aromatic nitrogens is 1. The summed E-state index contributed by atoms with van der Waals surface area (Å²) in [4.78, 5) is 9.01. The summed E-state index contributed by atoms with van der Waals surface area (Å²) in [5, 5.41) is 6.65. The maximum atomic E-state index is 4.11. The van der Waals surface area contributed by atoms with E-state index in [1.54, 1.807) is 0 Å². The Kier molecular flexibility index (Phi) is 7.67. The van der Waals surface area contributed by atoms with E-state index in [4.69, 9.17) is 0 Å². The lowest BCUT2D eigenvalue weighted by atomic mass is 10.2. The van der Waals surface area contributed by atoms with Crippen molar-refractivity contribution >= 4 is 0 Å². The zero-order valence-corrected chi connectivity index (χ0v) is 13.2. The Morgan fingerprint density at radius 3 is 2.10 bits per heavy atom. The number of piperazine rings is 2. The highest BCUT2D eigenvalue weighted by Crippen LogP contribution is 2.02. The maximum Gasteiger partial charge on any atom is 0.0312 e. The maximum absolute atomic E-state index is 4.11. The van der Waals surface area contributed by atoms with Gasteiger partial charge < -0.3 is 15.5 Å². The Morgan fingerprint density at radius 1 is 1.00 bits per heavy atom. The van der Waals surface area contributed by atoms with Crippen molar-refractivity contribution in [1.29, 1.82) is 0 Å². The van der Waals surface area contributed by atoms with Crippen molar-refractivity contribution in [2.24, 2.45) is 0 Å². The molecule has 0 amide bonds. The molecule has 5 nitrogen and oxygen atoms in total. The Bertz CT molecular complexity index is 358. The third-order valence-electron chi connectivity index (χ3n) is 4.00. The van der Waals surface area contributed by atoms with E-state index in [1.807, 2.05) is 18.5 Å². The smallest absolute Gasteiger partial charge is 0.0312 e. The molecule has 118 valence electrons. The van der Waals surface area contributed by atoms with Crippen molar-refractivity contribution in [2.45, 2.75) is 13.5 Å². The summed E-state index contributed by atoms with van der Waals surface area (Å²) >= 11 is 0. The van der Waals surface area contributed by atoms with Crippen molar-refractivity contribution in [3.63, 3.8) is 0 Å². The predicted octanol–water partition coefficient (Wildman–Crippen LogP) is 0.398. The van der Waals surface area contributed by atoms with Gasteiger partial charge in [-0.05, 0) is 18.2 Å². The van der Waals surface area contributed by atoms with E-state index in [-0.39, 0.29) is 0 Å². The average molecular weight is 291 g/mol. The van der Waals surface area contributed by atoms with Gasteiger partial charge in [-0.1, -0.05) is 13.0 Å². The van der Waals surface area contributed by atoms with E-state index in [1.165, 1.54) is 38.3 Å². The van der Waals surface area contributed by atoms with Crippen LogP contribution in [0.1, 0.15) is 12.5 Å². The molecule has 0 spiro atoms. The van der Waals surface area contributed by atoms with Crippen LogP contribution in [0.2, 0.25) is 0 Å². The highest BCUT2D eigenvalue weighted by Gasteiger charge is 2.09. The summed E-state index contributed by atoms with van der Waals surface area (Å²) in [6.45, 7) is 13.8. The molecule has 0 bridgehead atoms. The van der Waals surface area contributed by atoms with Crippen molar-refractivity contribution in [2.75, 3.05) is 58.9 Å². The van der Waals surface area contributed by atoms with Gasteiger partial charge in [-0.25, -0.2) is 0 Å². The van der Waals surface area contributed by atoms with Gasteiger partial charge in [0.25, 0.3) is 0 Å². The van der Waals surface area contributed by atoms with Gasteiger partial charge in [-0.15, -0.1) is 0 Å². The minimum atomic E-state index is 1.04. The molecule has 0 saturated carbocycles. The molecular weight excluding hydrogens is 262 g/mol. The molecule has 0 aliphatic carbocycles. The van der Waals surface area contributed by atoms with Crippen molar-refractivity contribution < 1.29 is 0 Å². The largest absolute Gasteiger partial charge is 0.314 e. The lowest BCUT2D eigenvalue weighted by molar-refractivity contribution is 0.233. The molecular formula is C16H29N5. The number of nitrogens with one attached hydrogen (secondary N) is 2. The standard InChI is InChI=1S/C10H15N3.C6H14N2/c1-2-10(8-12-3-1)9-13-6-4-11-5-7-13;1-2-8-5-3-7-4-6-8/h1-3,8,11H,4-7,9H2;7H,2-6H2,1H3. The van der Waals surface area contributed by atoms with Gasteiger partial charge in [0.05, 0.1) is 0 Å². The molecule has 0 radical (unpaired) electrons. The minimum Gasteiger partial charge on any atom is -0.314 e. The minimum absolute atomic E-state index is 1.04. The van der Waals surface area contributed by atoms with Gasteiger partial charge in [-0.3, -0.25) is 9.88 Å². The molecule has 5 heteroatoms. The second-order valence-electron chi connectivity index (χ2n) is 5.57. The lowest BCUT2D eigenvalue weighted by Gasteiger charge is -2.26. The molecule has 0 aromatic carbocycles. The molecule has 0 unspecified atom stereocenters. The summed E-state index contributed by atoms with van der Waals surface area (Å²) < 4.78 is 0. The van der Waals surface area contributed by atoms with Crippen LogP contribution in [0.4, 0.5) is 0 Å². The van der Waals surface area contributed by atoms with Gasteiger partial charge in [0.2, 0.25) is 0 Å². The number of hydrogen-bond donors (Lipinski definition) is 2. The second kappa shape index (κ2) is 9.84. The third kappa shape index (κ3) is 6.52. The highest BCUT2D eigenvalue weighted by atomic mass is 15.2. The fourth-order valence-corrected chi connectivity index (χ4v) is 2.65. The molecule has 2 N–H and O–H groups in total. The van der Waals surface area contributed by atoms with Crippen LogP contribution < -0.4 is 10.6 Å². The number of rotatable bonds is 3. The first-order chi connectivity index (χ1) is 10.4. The Morgan fingerprint density at radius 2 is 1.62 bits per heavy atom. The third-order valence-corrected chi connectivity index (χ3v) is 4.00. The molecule has 0 atom stereocenters. The number of hydrogen-bond acceptors (Lipinski definition) is 5. The molecule has 1 aromatic heterocycles. The second-order valence-corrected chi connectivity index (χ2v) is 5.57. The zero-order valence-electron chi connectivity index (χ0n) is 13.2. The van der Waals surface area contributed by atoms with E-state index < -0.39 is 0 Å². The van der Waals surface area contributed by atoms with E-state index in [0.29, 0.717) is 0 Å². The fraction of sp³-hybridized carbons (Fsp3) is 0.688. The molecule has 3 rings (SSSR count). The predicted molar refractivity (Wildman–Crippen MR) is 87.4 cm³/mol. The Balaban J connectivity index is 0.000000173. The van der Waals surface area contributed by atoms with Crippen LogP contribution >= 0.6 is 0 Å². The van der Waals surface area contributed by atoms with Crippen molar-refractivity contribution in [3.8, 4) is 0 Å². The SMILES string of the molecule is CCN1CCNCC1.c1cncc(CN2CCNCC2)c1. The summed E-state index contributed by atoms with van der Waals surface area (Å²) in [5.74, 6) is 0. The van der Waals surface area contributed by atoms with Crippen molar-refractivity contribution in [3.05, 3.63) is 30.1 Å². The average Bonchev–Trinajstić information content (AvgIpc) is 2.58. The van der Waals surface area contributed by atoms with E-state index in [2.05, 4.69) is 38.4 Å². The van der Waals surface area contributed by atoms with Crippen LogP contribution in [-0.2, 0) is 6.54 Å². The first-order valence-corrected chi connectivity index (χ1v) is 8.13. The van der Waals surface area contributed by atoms with Crippen LogP contribution in [0.15, 0.2) is 24.5 Å². The normalized spacial score (nSPS) is 20.6. The van der Waals surface area contributed by atoms with E-state index in [9.17, 15) is 0 Å². The Hall–Kier alpha value is -1.01. The fourth-order valence-electron chi connectivity index (χ4n) is 2.65. The quantitative estimate of drug-likeness (QED) is 0.844. The van der Waals surface area contributed by atoms with Gasteiger partial charge in [0.15, 0.2) is 0 Å². The molecule has 2 fully saturated rings. The lowest BCUT2D eigenvalue weighted by Crippen LogP contribution is -2.43. The van der Waals surface area contributed by atoms with Crippen LogP contribution in [0.25, 0.3) is 0 Å². The van der Waals surface area contributed by atoms with Gasteiger partial charge in [0.1, 0.15) is 0 Å². The summed E-state index contributed by atoms with van der Waals surface area (Å²) in [5.41, 5.74) is 1.31. The summed E-state index contributed by atoms with van der Waals surface area (Å²) in [6.07, 6.45) is 3.77. The number of nitrogens with zero attached hydrogens (tertiary/aromatic N) is 3. The van der Waals surface area contributed by atoms with E-state index in [0.717, 1.165) is 32.7 Å². The van der Waals surface area contributed by atoms with Gasteiger partial charge >= 0.3 is 0 Å².